The van der Waals surface area contributed by atoms with Crippen molar-refractivity contribution >= 4 is 23.8 Å². The molecule has 8 nitrogen and oxygen atoms in total. The number of rotatable bonds is 13. The lowest BCUT2D eigenvalue weighted by atomic mass is 10.3. The first-order valence-corrected chi connectivity index (χ1v) is 8.46. The number of hydrogen-bond acceptors (Lipinski definition) is 8. The molecular weight excluding hydrogens is 308 g/mol. The maximum atomic E-state index is 11.0. The Labute approximate surface area is 143 Å². The number of hydrogen-bond donors (Lipinski definition) is 3. The smallest absolute Gasteiger partial charge is 0.330 e. The molecule has 0 saturated carbocycles. The number of carbonyl (C=O) groups is 1. The van der Waals surface area contributed by atoms with Gasteiger partial charge in [-0.05, 0) is 12.8 Å². The van der Waals surface area contributed by atoms with Crippen LogP contribution in [0.15, 0.2) is 12.7 Å². The predicted molar refractivity (Wildman–Crippen MR) is 96.3 cm³/mol. The van der Waals surface area contributed by atoms with Gasteiger partial charge in [-0.1, -0.05) is 33.3 Å². The Kier molecular flexibility index (Phi) is 9.91. The van der Waals surface area contributed by atoms with Crippen molar-refractivity contribution in [3.63, 3.8) is 0 Å². The summed E-state index contributed by atoms with van der Waals surface area (Å²) in [6, 6.07) is 0. The predicted octanol–water partition coefficient (Wildman–Crippen LogP) is 2.44. The molecule has 1 aromatic heterocycles. The number of esters is 1. The molecule has 1 aromatic rings. The third kappa shape index (κ3) is 8.30. The first-order chi connectivity index (χ1) is 11.7. The summed E-state index contributed by atoms with van der Waals surface area (Å²) < 4.78 is 4.91. The second-order valence-electron chi connectivity index (χ2n) is 5.17. The van der Waals surface area contributed by atoms with Gasteiger partial charge >= 0.3 is 5.97 Å². The molecule has 8 heteroatoms. The zero-order valence-electron chi connectivity index (χ0n) is 14.6. The minimum atomic E-state index is -0.448. The standard InChI is InChI=1S/C16H28N6O2/c1-4-7-9-17-14-20-15(18-10-8-5-2)22-16(21-14)19-11-12-24-13(23)6-3/h6H,3-5,7-12H2,1-2H3,(H3,17,18,19,20,21,22). The van der Waals surface area contributed by atoms with E-state index in [0.717, 1.165) is 44.8 Å². The highest BCUT2D eigenvalue weighted by Crippen LogP contribution is 2.09. The van der Waals surface area contributed by atoms with E-state index in [1.165, 1.54) is 0 Å². The number of nitrogens with zero attached hydrogens (tertiary/aromatic N) is 3. The Hall–Kier alpha value is -2.38. The Morgan fingerprint density at radius 3 is 1.83 bits per heavy atom. The quantitative estimate of drug-likeness (QED) is 0.287. The second kappa shape index (κ2) is 12.1. The topological polar surface area (TPSA) is 101 Å². The summed E-state index contributed by atoms with van der Waals surface area (Å²) in [5.74, 6) is 1.06. The molecule has 24 heavy (non-hydrogen) atoms. The van der Waals surface area contributed by atoms with Gasteiger partial charge in [-0.2, -0.15) is 15.0 Å². The van der Waals surface area contributed by atoms with E-state index in [4.69, 9.17) is 4.74 Å². The molecule has 0 fully saturated rings. The third-order valence-corrected chi connectivity index (χ3v) is 3.06. The average molecular weight is 336 g/mol. The van der Waals surface area contributed by atoms with Gasteiger partial charge in [0.2, 0.25) is 17.8 Å². The van der Waals surface area contributed by atoms with E-state index < -0.39 is 5.97 Å². The van der Waals surface area contributed by atoms with Gasteiger partial charge in [0.25, 0.3) is 0 Å². The van der Waals surface area contributed by atoms with Gasteiger partial charge in [-0.3, -0.25) is 0 Å². The van der Waals surface area contributed by atoms with Crippen LogP contribution >= 0.6 is 0 Å². The molecule has 0 aliphatic heterocycles. The fraction of sp³-hybridized carbons (Fsp3) is 0.625. The number of nitrogens with one attached hydrogen (secondary N) is 3. The lowest BCUT2D eigenvalue weighted by Gasteiger charge is -2.11. The van der Waals surface area contributed by atoms with Crippen molar-refractivity contribution < 1.29 is 9.53 Å². The molecule has 1 heterocycles. The van der Waals surface area contributed by atoms with Crippen molar-refractivity contribution in [1.29, 1.82) is 0 Å². The number of carbonyl (C=O) groups excluding carboxylic acids is 1. The monoisotopic (exact) mass is 336 g/mol. The van der Waals surface area contributed by atoms with Gasteiger partial charge in [0.1, 0.15) is 6.61 Å². The third-order valence-electron chi connectivity index (χ3n) is 3.06. The summed E-state index contributed by atoms with van der Waals surface area (Å²) >= 11 is 0. The molecule has 1 rings (SSSR count). The van der Waals surface area contributed by atoms with Crippen LogP contribution in [0.5, 0.6) is 0 Å². The summed E-state index contributed by atoms with van der Waals surface area (Å²) in [6.45, 7) is 9.85. The summed E-state index contributed by atoms with van der Waals surface area (Å²) in [5, 5.41) is 9.42. The summed E-state index contributed by atoms with van der Waals surface area (Å²) in [4.78, 5) is 24.0. The number of ether oxygens (including phenoxy) is 1. The molecule has 0 aromatic carbocycles. The molecular formula is C16H28N6O2. The van der Waals surface area contributed by atoms with Crippen molar-refractivity contribution in [3.05, 3.63) is 12.7 Å². The highest BCUT2D eigenvalue weighted by Gasteiger charge is 2.06. The molecule has 0 unspecified atom stereocenters. The van der Waals surface area contributed by atoms with Gasteiger partial charge in [0.15, 0.2) is 0 Å². The zero-order chi connectivity index (χ0) is 17.6. The maximum absolute atomic E-state index is 11.0. The highest BCUT2D eigenvalue weighted by atomic mass is 16.5. The molecule has 0 amide bonds. The average Bonchev–Trinajstić information content (AvgIpc) is 2.59. The Morgan fingerprint density at radius 1 is 0.958 bits per heavy atom. The Balaban J connectivity index is 2.61. The minimum absolute atomic E-state index is 0.216. The van der Waals surface area contributed by atoms with Crippen molar-refractivity contribution in [1.82, 2.24) is 15.0 Å². The summed E-state index contributed by atoms with van der Waals surface area (Å²) in [7, 11) is 0. The van der Waals surface area contributed by atoms with Crippen LogP contribution in [0.4, 0.5) is 17.8 Å². The number of unbranched alkanes of at least 4 members (excludes halogenated alkanes) is 2. The van der Waals surface area contributed by atoms with E-state index in [1.54, 1.807) is 0 Å². The lowest BCUT2D eigenvalue weighted by Crippen LogP contribution is -2.17. The molecule has 0 radical (unpaired) electrons. The van der Waals surface area contributed by atoms with E-state index in [-0.39, 0.29) is 6.61 Å². The Morgan fingerprint density at radius 2 is 1.42 bits per heavy atom. The van der Waals surface area contributed by atoms with E-state index >= 15 is 0 Å². The Bertz CT molecular complexity index is 481. The van der Waals surface area contributed by atoms with Crippen LogP contribution in [0, 0.1) is 0 Å². The van der Waals surface area contributed by atoms with Crippen LogP contribution in [0.25, 0.3) is 0 Å². The zero-order valence-corrected chi connectivity index (χ0v) is 14.6. The minimum Gasteiger partial charge on any atom is -0.461 e. The van der Waals surface area contributed by atoms with Gasteiger partial charge in [0, 0.05) is 19.2 Å². The number of aromatic nitrogens is 3. The number of anilines is 3. The van der Waals surface area contributed by atoms with Crippen molar-refractivity contribution in [3.8, 4) is 0 Å². The van der Waals surface area contributed by atoms with Crippen LogP contribution in [0.2, 0.25) is 0 Å². The largest absolute Gasteiger partial charge is 0.461 e. The summed E-state index contributed by atoms with van der Waals surface area (Å²) in [5.41, 5.74) is 0. The normalized spacial score (nSPS) is 10.1. The van der Waals surface area contributed by atoms with Gasteiger partial charge in [-0.15, -0.1) is 0 Å². The molecule has 0 spiro atoms. The highest BCUT2D eigenvalue weighted by molar-refractivity contribution is 5.81. The fourth-order valence-corrected chi connectivity index (χ4v) is 1.74. The van der Waals surface area contributed by atoms with Gasteiger partial charge < -0.3 is 20.7 Å². The molecule has 0 aliphatic rings. The molecule has 3 N–H and O–H groups in total. The van der Waals surface area contributed by atoms with Crippen LogP contribution in [0.1, 0.15) is 39.5 Å². The molecule has 0 aliphatic carbocycles. The van der Waals surface area contributed by atoms with Crippen molar-refractivity contribution in [2.24, 2.45) is 0 Å². The maximum Gasteiger partial charge on any atom is 0.330 e. The van der Waals surface area contributed by atoms with Crippen molar-refractivity contribution in [2.75, 3.05) is 42.2 Å². The fourth-order valence-electron chi connectivity index (χ4n) is 1.74. The molecule has 0 atom stereocenters. The molecule has 0 saturated heterocycles. The van der Waals surface area contributed by atoms with Gasteiger partial charge in [0.05, 0.1) is 6.54 Å². The van der Waals surface area contributed by atoms with E-state index in [0.29, 0.717) is 24.4 Å². The van der Waals surface area contributed by atoms with Gasteiger partial charge in [-0.25, -0.2) is 4.79 Å². The van der Waals surface area contributed by atoms with E-state index in [1.807, 2.05) is 0 Å². The second-order valence-corrected chi connectivity index (χ2v) is 5.17. The van der Waals surface area contributed by atoms with Crippen LogP contribution < -0.4 is 16.0 Å². The van der Waals surface area contributed by atoms with E-state index in [2.05, 4.69) is 51.3 Å². The lowest BCUT2D eigenvalue weighted by molar-refractivity contribution is -0.137. The van der Waals surface area contributed by atoms with E-state index in [9.17, 15) is 4.79 Å². The van der Waals surface area contributed by atoms with Crippen LogP contribution in [0.3, 0.4) is 0 Å². The van der Waals surface area contributed by atoms with Crippen LogP contribution in [-0.2, 0) is 9.53 Å². The SMILES string of the molecule is C=CC(=O)OCCNc1nc(NCCCC)nc(NCCCC)n1. The first kappa shape index (κ1) is 19.7. The molecule has 0 bridgehead atoms. The van der Waals surface area contributed by atoms with Crippen LogP contribution in [-0.4, -0.2) is 47.2 Å². The summed E-state index contributed by atoms with van der Waals surface area (Å²) in [6.07, 6.45) is 5.42. The van der Waals surface area contributed by atoms with Crippen molar-refractivity contribution in [2.45, 2.75) is 39.5 Å². The first-order valence-electron chi connectivity index (χ1n) is 8.46. The molecule has 134 valence electrons.